The zero-order valence-corrected chi connectivity index (χ0v) is 13.8. The molecule has 1 aromatic carbocycles. The Bertz CT molecular complexity index is 844. The standard InChI is InChI=1S/C18H19N4O3/c1-21-15(17(19)24)10-14(18(21)25)20-11-12-5-7-13(8-6-12)22-9-3-2-4-16(22)23/h2-10,14-15,20H,11H2,1H3,(H2,19,24). The van der Waals surface area contributed by atoms with Gasteiger partial charge in [-0.3, -0.25) is 19.0 Å². The molecule has 129 valence electrons. The molecule has 1 fully saturated rings. The van der Waals surface area contributed by atoms with Crippen LogP contribution in [0.15, 0.2) is 53.5 Å². The SMILES string of the molecule is CN1C(=O)C(NCc2ccc(-n3ccccc3=O)cc2)[CH]C1C(N)=O. The second-order valence-corrected chi connectivity index (χ2v) is 5.92. The molecular weight excluding hydrogens is 320 g/mol. The lowest BCUT2D eigenvalue weighted by Gasteiger charge is -2.15. The minimum Gasteiger partial charge on any atom is -0.368 e. The maximum atomic E-state index is 12.1. The van der Waals surface area contributed by atoms with Crippen LogP contribution in [0.2, 0.25) is 0 Å². The van der Waals surface area contributed by atoms with Gasteiger partial charge in [0.15, 0.2) is 0 Å². The fourth-order valence-electron chi connectivity index (χ4n) is 2.83. The fourth-order valence-corrected chi connectivity index (χ4v) is 2.83. The van der Waals surface area contributed by atoms with Gasteiger partial charge in [-0.05, 0) is 23.8 Å². The Balaban J connectivity index is 1.65. The van der Waals surface area contributed by atoms with Gasteiger partial charge in [-0.15, -0.1) is 0 Å². The molecular formula is C18H19N4O3. The summed E-state index contributed by atoms with van der Waals surface area (Å²) < 4.78 is 1.55. The summed E-state index contributed by atoms with van der Waals surface area (Å²) in [5.41, 5.74) is 6.91. The monoisotopic (exact) mass is 339 g/mol. The molecule has 3 rings (SSSR count). The molecule has 2 atom stereocenters. The van der Waals surface area contributed by atoms with E-state index >= 15 is 0 Å². The van der Waals surface area contributed by atoms with Crippen molar-refractivity contribution in [1.29, 1.82) is 0 Å². The van der Waals surface area contributed by atoms with Gasteiger partial charge in [-0.2, -0.15) is 0 Å². The molecule has 0 saturated carbocycles. The van der Waals surface area contributed by atoms with Crippen LogP contribution in [0.1, 0.15) is 5.56 Å². The highest BCUT2D eigenvalue weighted by Gasteiger charge is 2.40. The molecule has 1 aromatic heterocycles. The van der Waals surface area contributed by atoms with Gasteiger partial charge >= 0.3 is 0 Å². The number of nitrogens with two attached hydrogens (primary N) is 1. The van der Waals surface area contributed by atoms with E-state index < -0.39 is 18.0 Å². The predicted molar refractivity (Wildman–Crippen MR) is 92.7 cm³/mol. The van der Waals surface area contributed by atoms with Crippen LogP contribution in [0.4, 0.5) is 0 Å². The van der Waals surface area contributed by atoms with E-state index in [1.165, 1.54) is 11.0 Å². The van der Waals surface area contributed by atoms with E-state index in [-0.39, 0.29) is 11.5 Å². The molecule has 1 radical (unpaired) electrons. The quantitative estimate of drug-likeness (QED) is 0.790. The van der Waals surface area contributed by atoms with Crippen molar-refractivity contribution in [3.05, 3.63) is 71.0 Å². The van der Waals surface area contributed by atoms with Crippen LogP contribution in [-0.2, 0) is 16.1 Å². The van der Waals surface area contributed by atoms with Gasteiger partial charge in [0.05, 0.1) is 6.04 Å². The van der Waals surface area contributed by atoms with E-state index in [1.54, 1.807) is 36.4 Å². The lowest BCUT2D eigenvalue weighted by atomic mass is 10.1. The highest BCUT2D eigenvalue weighted by molar-refractivity contribution is 5.95. The first-order chi connectivity index (χ1) is 12.0. The van der Waals surface area contributed by atoms with Crippen LogP contribution < -0.4 is 16.6 Å². The summed E-state index contributed by atoms with van der Waals surface area (Å²) in [5.74, 6) is -0.728. The average molecular weight is 339 g/mol. The maximum Gasteiger partial charge on any atom is 0.255 e. The normalized spacial score (nSPS) is 20.0. The maximum absolute atomic E-state index is 12.1. The number of hydrogen-bond acceptors (Lipinski definition) is 4. The van der Waals surface area contributed by atoms with E-state index in [4.69, 9.17) is 5.73 Å². The third kappa shape index (κ3) is 3.46. The second-order valence-electron chi connectivity index (χ2n) is 5.92. The number of rotatable bonds is 5. The molecule has 1 aliphatic rings. The van der Waals surface area contributed by atoms with Crippen LogP contribution in [0.25, 0.3) is 5.69 Å². The van der Waals surface area contributed by atoms with Crippen LogP contribution in [0.5, 0.6) is 0 Å². The van der Waals surface area contributed by atoms with Crippen LogP contribution in [-0.4, -0.2) is 40.4 Å². The Hall–Kier alpha value is -2.93. The van der Waals surface area contributed by atoms with E-state index in [9.17, 15) is 14.4 Å². The Morgan fingerprint density at radius 3 is 2.48 bits per heavy atom. The van der Waals surface area contributed by atoms with Crippen molar-refractivity contribution in [2.75, 3.05) is 7.05 Å². The highest BCUT2D eigenvalue weighted by Crippen LogP contribution is 2.17. The molecule has 0 bridgehead atoms. The molecule has 2 heterocycles. The van der Waals surface area contributed by atoms with Gasteiger partial charge in [0, 0.05) is 38.0 Å². The Kier molecular flexibility index (Phi) is 4.67. The van der Waals surface area contributed by atoms with Gasteiger partial charge in [0.25, 0.3) is 5.56 Å². The highest BCUT2D eigenvalue weighted by atomic mass is 16.2. The number of primary amides is 1. The molecule has 1 aliphatic heterocycles. The Morgan fingerprint density at radius 1 is 1.16 bits per heavy atom. The van der Waals surface area contributed by atoms with Crippen molar-refractivity contribution in [1.82, 2.24) is 14.8 Å². The molecule has 25 heavy (non-hydrogen) atoms. The summed E-state index contributed by atoms with van der Waals surface area (Å²) >= 11 is 0. The van der Waals surface area contributed by atoms with Crippen molar-refractivity contribution in [3.63, 3.8) is 0 Å². The van der Waals surface area contributed by atoms with Gasteiger partial charge in [-0.25, -0.2) is 0 Å². The van der Waals surface area contributed by atoms with Crippen LogP contribution in [0.3, 0.4) is 0 Å². The number of amides is 2. The fraction of sp³-hybridized carbons (Fsp3) is 0.222. The number of nitrogens with zero attached hydrogens (tertiary/aromatic N) is 2. The third-order valence-electron chi connectivity index (χ3n) is 4.26. The van der Waals surface area contributed by atoms with E-state index in [2.05, 4.69) is 5.32 Å². The summed E-state index contributed by atoms with van der Waals surface area (Å²) in [5, 5.41) is 3.11. The number of pyridine rings is 1. The zero-order valence-electron chi connectivity index (χ0n) is 13.8. The molecule has 3 N–H and O–H groups in total. The predicted octanol–water partition coefficient (Wildman–Crippen LogP) is -0.174. The number of nitrogens with one attached hydrogen (secondary N) is 1. The Morgan fingerprint density at radius 2 is 1.88 bits per heavy atom. The molecule has 0 aliphatic carbocycles. The van der Waals surface area contributed by atoms with Crippen molar-refractivity contribution in [2.24, 2.45) is 5.73 Å². The van der Waals surface area contributed by atoms with Gasteiger partial charge < -0.3 is 16.0 Å². The van der Waals surface area contributed by atoms with E-state index in [1.807, 2.05) is 24.3 Å². The summed E-state index contributed by atoms with van der Waals surface area (Å²) in [6, 6.07) is 11.2. The summed E-state index contributed by atoms with van der Waals surface area (Å²) in [4.78, 5) is 36.6. The molecule has 0 spiro atoms. The third-order valence-corrected chi connectivity index (χ3v) is 4.26. The zero-order chi connectivity index (χ0) is 18.0. The van der Waals surface area contributed by atoms with Crippen molar-refractivity contribution < 1.29 is 9.59 Å². The minimum absolute atomic E-state index is 0.0972. The van der Waals surface area contributed by atoms with Crippen LogP contribution >= 0.6 is 0 Å². The van der Waals surface area contributed by atoms with Crippen molar-refractivity contribution in [3.8, 4) is 5.69 Å². The van der Waals surface area contributed by atoms with Crippen molar-refractivity contribution in [2.45, 2.75) is 18.6 Å². The van der Waals surface area contributed by atoms with E-state index in [0.29, 0.717) is 6.54 Å². The number of carbonyl (C=O) groups excluding carboxylic acids is 2. The molecule has 1 saturated heterocycles. The topological polar surface area (TPSA) is 97.4 Å². The van der Waals surface area contributed by atoms with Gasteiger partial charge in [0.1, 0.15) is 6.04 Å². The molecule has 2 unspecified atom stereocenters. The first-order valence-corrected chi connectivity index (χ1v) is 7.89. The lowest BCUT2D eigenvalue weighted by molar-refractivity contribution is -0.133. The number of aromatic nitrogens is 1. The van der Waals surface area contributed by atoms with Crippen LogP contribution in [0, 0.1) is 6.42 Å². The summed E-state index contributed by atoms with van der Waals surface area (Å²) in [6.45, 7) is 0.455. The molecule has 7 heteroatoms. The number of likely N-dealkylation sites (N-methyl/N-ethyl adjacent to an activating group) is 1. The molecule has 2 amide bonds. The molecule has 2 aromatic rings. The second kappa shape index (κ2) is 6.90. The lowest BCUT2D eigenvalue weighted by Crippen LogP contribution is -2.40. The number of likely N-dealkylation sites (tertiary alicyclic amines) is 1. The van der Waals surface area contributed by atoms with Crippen molar-refractivity contribution >= 4 is 11.8 Å². The average Bonchev–Trinajstić information content (AvgIpc) is 2.89. The van der Waals surface area contributed by atoms with E-state index in [0.717, 1.165) is 11.3 Å². The minimum atomic E-state index is -0.683. The smallest absolute Gasteiger partial charge is 0.255 e. The summed E-state index contributed by atoms with van der Waals surface area (Å²) in [6.07, 6.45) is 3.32. The number of carbonyl (C=O) groups is 2. The molecule has 7 nitrogen and oxygen atoms in total. The number of benzene rings is 1. The summed E-state index contributed by atoms with van der Waals surface area (Å²) in [7, 11) is 1.56. The van der Waals surface area contributed by atoms with Gasteiger partial charge in [0.2, 0.25) is 11.8 Å². The first-order valence-electron chi connectivity index (χ1n) is 7.89. The van der Waals surface area contributed by atoms with Gasteiger partial charge in [-0.1, -0.05) is 18.2 Å². The Labute approximate surface area is 145 Å². The largest absolute Gasteiger partial charge is 0.368 e. The number of hydrogen-bond donors (Lipinski definition) is 2. The first kappa shape index (κ1) is 16.9.